The summed E-state index contributed by atoms with van der Waals surface area (Å²) in [6.07, 6.45) is 4.51. The Balaban J connectivity index is 1.86. The van der Waals surface area contributed by atoms with E-state index in [9.17, 15) is 5.11 Å². The molecule has 2 saturated heterocycles. The van der Waals surface area contributed by atoms with Gasteiger partial charge in [0.25, 0.3) is 0 Å². The molecule has 0 radical (unpaired) electrons. The fourth-order valence-electron chi connectivity index (χ4n) is 4.57. The summed E-state index contributed by atoms with van der Waals surface area (Å²) in [5, 5.41) is 10.6. The summed E-state index contributed by atoms with van der Waals surface area (Å²) < 4.78 is 10.7. The minimum absolute atomic E-state index is 0.0615. The molecule has 4 nitrogen and oxygen atoms in total. The van der Waals surface area contributed by atoms with Crippen molar-refractivity contribution in [1.82, 2.24) is 4.90 Å². The van der Waals surface area contributed by atoms with Crippen LogP contribution in [0.3, 0.4) is 0 Å². The number of hydrogen-bond acceptors (Lipinski definition) is 4. The number of hydrogen-bond donors (Lipinski definition) is 1. The first-order valence-electron chi connectivity index (χ1n) is 8.36. The molecule has 5 heteroatoms. The van der Waals surface area contributed by atoms with Crippen LogP contribution < -0.4 is 9.47 Å². The summed E-state index contributed by atoms with van der Waals surface area (Å²) in [4.78, 5) is 2.53. The molecular formula is C18H26ClNO3. The molecule has 0 spiro atoms. The van der Waals surface area contributed by atoms with Crippen molar-refractivity contribution in [1.29, 1.82) is 0 Å². The molecule has 128 valence electrons. The van der Waals surface area contributed by atoms with Gasteiger partial charge in [0.1, 0.15) is 0 Å². The maximum atomic E-state index is 9.94. The predicted molar refractivity (Wildman–Crippen MR) is 91.3 cm³/mol. The molecule has 0 aliphatic carbocycles. The van der Waals surface area contributed by atoms with E-state index in [1.165, 1.54) is 12.8 Å². The van der Waals surface area contributed by atoms with Crippen molar-refractivity contribution in [3.8, 4) is 11.5 Å². The van der Waals surface area contributed by atoms with Crippen LogP contribution in [0.2, 0.25) is 5.02 Å². The molecule has 0 aromatic heterocycles. The number of rotatable bonds is 6. The van der Waals surface area contributed by atoms with Crippen LogP contribution in [0.15, 0.2) is 12.1 Å². The van der Waals surface area contributed by atoms with Gasteiger partial charge in [-0.2, -0.15) is 0 Å². The minimum atomic E-state index is 0.0615. The quantitative estimate of drug-likeness (QED) is 0.861. The number of nitrogens with zero attached hydrogens (tertiary/aromatic N) is 1. The van der Waals surface area contributed by atoms with Crippen molar-refractivity contribution < 1.29 is 14.6 Å². The number of methoxy groups -OCH3 is 2. The Morgan fingerprint density at radius 1 is 1.30 bits per heavy atom. The Morgan fingerprint density at radius 2 is 2.09 bits per heavy atom. The average Bonchev–Trinajstić information content (AvgIpc) is 3.11. The molecule has 23 heavy (non-hydrogen) atoms. The van der Waals surface area contributed by atoms with E-state index >= 15 is 0 Å². The van der Waals surface area contributed by atoms with Crippen LogP contribution in [0.1, 0.15) is 38.2 Å². The molecule has 0 saturated carbocycles. The Morgan fingerprint density at radius 3 is 2.65 bits per heavy atom. The zero-order valence-electron chi connectivity index (χ0n) is 14.1. The third-order valence-corrected chi connectivity index (χ3v) is 6.34. The molecule has 1 N–H and O–H groups in total. The SMILES string of the molecule is CC[C@@]1(CO)C[C@@H]2CC[C@H]1N2Cc1ccc(OC)c(OC)c1Cl. The van der Waals surface area contributed by atoms with E-state index in [1.807, 2.05) is 12.1 Å². The Bertz CT molecular complexity index is 574. The lowest BCUT2D eigenvalue weighted by Crippen LogP contribution is -2.39. The van der Waals surface area contributed by atoms with Crippen molar-refractivity contribution in [2.75, 3.05) is 20.8 Å². The second-order valence-electron chi connectivity index (χ2n) is 6.77. The monoisotopic (exact) mass is 339 g/mol. The highest BCUT2D eigenvalue weighted by atomic mass is 35.5. The van der Waals surface area contributed by atoms with Gasteiger partial charge in [-0.25, -0.2) is 0 Å². The number of benzene rings is 1. The summed E-state index contributed by atoms with van der Waals surface area (Å²) in [6.45, 7) is 3.27. The van der Waals surface area contributed by atoms with Gasteiger partial charge in [-0.15, -0.1) is 0 Å². The van der Waals surface area contributed by atoms with Gasteiger partial charge in [-0.3, -0.25) is 4.90 Å². The fraction of sp³-hybridized carbons (Fsp3) is 0.667. The van der Waals surface area contributed by atoms with E-state index in [0.717, 1.165) is 24.9 Å². The third-order valence-electron chi connectivity index (χ3n) is 5.93. The van der Waals surface area contributed by atoms with Crippen molar-refractivity contribution in [3.63, 3.8) is 0 Å². The molecule has 2 bridgehead atoms. The highest BCUT2D eigenvalue weighted by molar-refractivity contribution is 6.33. The first-order valence-corrected chi connectivity index (χ1v) is 8.74. The lowest BCUT2D eigenvalue weighted by atomic mass is 9.72. The molecule has 1 aromatic rings. The van der Waals surface area contributed by atoms with E-state index in [2.05, 4.69) is 11.8 Å². The van der Waals surface area contributed by atoms with Crippen LogP contribution >= 0.6 is 11.6 Å². The topological polar surface area (TPSA) is 41.9 Å². The van der Waals surface area contributed by atoms with Crippen molar-refractivity contribution >= 4 is 11.6 Å². The lowest BCUT2D eigenvalue weighted by Gasteiger charge is -2.35. The average molecular weight is 340 g/mol. The van der Waals surface area contributed by atoms with Gasteiger partial charge in [-0.1, -0.05) is 24.6 Å². The number of ether oxygens (including phenoxy) is 2. The third kappa shape index (κ3) is 2.61. The van der Waals surface area contributed by atoms with Crippen molar-refractivity contribution in [2.24, 2.45) is 5.41 Å². The maximum Gasteiger partial charge on any atom is 0.179 e. The summed E-state index contributed by atoms with van der Waals surface area (Å²) in [7, 11) is 3.23. The van der Waals surface area contributed by atoms with E-state index in [4.69, 9.17) is 21.1 Å². The van der Waals surface area contributed by atoms with Gasteiger partial charge < -0.3 is 14.6 Å². The molecule has 0 amide bonds. The Kier molecular flexibility index (Phi) is 4.77. The van der Waals surface area contributed by atoms with E-state index in [1.54, 1.807) is 14.2 Å². The van der Waals surface area contributed by atoms with E-state index in [0.29, 0.717) is 28.6 Å². The second-order valence-corrected chi connectivity index (χ2v) is 7.15. The minimum Gasteiger partial charge on any atom is -0.493 e. The van der Waals surface area contributed by atoms with Gasteiger partial charge in [0.2, 0.25) is 0 Å². The second kappa shape index (κ2) is 6.50. The van der Waals surface area contributed by atoms with Crippen LogP contribution in [0, 0.1) is 5.41 Å². The lowest BCUT2D eigenvalue weighted by molar-refractivity contribution is 0.0713. The van der Waals surface area contributed by atoms with Crippen LogP contribution in [-0.2, 0) is 6.54 Å². The number of fused-ring (bicyclic) bond motifs is 2. The fourth-order valence-corrected chi connectivity index (χ4v) is 4.86. The van der Waals surface area contributed by atoms with Gasteiger partial charge in [0.05, 0.1) is 25.8 Å². The summed E-state index contributed by atoms with van der Waals surface area (Å²) in [5.74, 6) is 1.26. The van der Waals surface area contributed by atoms with E-state index in [-0.39, 0.29) is 12.0 Å². The van der Waals surface area contributed by atoms with Gasteiger partial charge in [-0.05, 0) is 37.3 Å². The summed E-state index contributed by atoms with van der Waals surface area (Å²) >= 11 is 6.54. The van der Waals surface area contributed by atoms with Crippen molar-refractivity contribution in [3.05, 3.63) is 22.7 Å². The summed E-state index contributed by atoms with van der Waals surface area (Å²) in [6, 6.07) is 4.94. The molecule has 3 rings (SSSR count). The molecular weight excluding hydrogens is 314 g/mol. The number of aliphatic hydroxyl groups is 1. The highest BCUT2D eigenvalue weighted by Crippen LogP contribution is 2.52. The van der Waals surface area contributed by atoms with Gasteiger partial charge >= 0.3 is 0 Å². The number of halogens is 1. The molecule has 3 atom stereocenters. The Labute approximate surface area is 143 Å². The number of aliphatic hydroxyl groups excluding tert-OH is 1. The highest BCUT2D eigenvalue weighted by Gasteiger charge is 2.54. The van der Waals surface area contributed by atoms with Crippen LogP contribution in [0.5, 0.6) is 11.5 Å². The zero-order chi connectivity index (χ0) is 16.6. The van der Waals surface area contributed by atoms with Crippen LogP contribution in [-0.4, -0.2) is 42.9 Å². The molecule has 1 aromatic carbocycles. The normalized spacial score (nSPS) is 30.0. The van der Waals surface area contributed by atoms with Crippen LogP contribution in [0.25, 0.3) is 0 Å². The molecule has 2 fully saturated rings. The Hall–Kier alpha value is -0.970. The standard InChI is InChI=1S/C18H26ClNO3/c1-4-18(11-21)9-13-6-8-15(18)20(13)10-12-5-7-14(22-2)17(23-3)16(12)19/h5,7,13,15,21H,4,6,8-11H2,1-3H3/t13-,15+,18-/m0/s1. The van der Waals surface area contributed by atoms with Crippen LogP contribution in [0.4, 0.5) is 0 Å². The first-order chi connectivity index (χ1) is 11.1. The first kappa shape index (κ1) is 16.9. The molecule has 2 heterocycles. The van der Waals surface area contributed by atoms with Gasteiger partial charge in [0, 0.05) is 24.0 Å². The maximum absolute atomic E-state index is 9.94. The molecule has 0 unspecified atom stereocenters. The summed E-state index contributed by atoms with van der Waals surface area (Å²) in [5.41, 5.74) is 1.12. The smallest absolute Gasteiger partial charge is 0.179 e. The molecule has 2 aliphatic rings. The zero-order valence-corrected chi connectivity index (χ0v) is 14.9. The predicted octanol–water partition coefficient (Wildman–Crippen LogP) is 3.48. The van der Waals surface area contributed by atoms with Crippen molar-refractivity contribution in [2.45, 2.75) is 51.2 Å². The van der Waals surface area contributed by atoms with E-state index < -0.39 is 0 Å². The molecule has 2 aliphatic heterocycles. The largest absolute Gasteiger partial charge is 0.493 e. The van der Waals surface area contributed by atoms with Gasteiger partial charge in [0.15, 0.2) is 11.5 Å².